The number of quaternary nitrogens is 1. The summed E-state index contributed by atoms with van der Waals surface area (Å²) in [6.45, 7) is 4.68. The Kier molecular flexibility index (Phi) is 73.5. The van der Waals surface area contributed by atoms with Gasteiger partial charge in [-0.25, -0.2) is 4.79 Å². The van der Waals surface area contributed by atoms with E-state index in [0.29, 0.717) is 17.4 Å². The van der Waals surface area contributed by atoms with Gasteiger partial charge in [-0.3, -0.25) is 9.59 Å². The smallest absolute Gasteiger partial charge is 0.361 e. The van der Waals surface area contributed by atoms with E-state index in [-0.39, 0.29) is 32.2 Å². The van der Waals surface area contributed by atoms with Crippen molar-refractivity contribution in [3.8, 4) is 0 Å². The highest BCUT2D eigenvalue weighted by Crippen LogP contribution is 2.19. The van der Waals surface area contributed by atoms with Crippen LogP contribution in [0.2, 0.25) is 0 Å². The molecule has 0 saturated carbocycles. The van der Waals surface area contributed by atoms with Crippen LogP contribution in [0.3, 0.4) is 0 Å². The zero-order chi connectivity index (χ0) is 70.4. The molecular weight excluding hydrogens is 1200 g/mol. The molecule has 0 aliphatic rings. The van der Waals surface area contributed by atoms with Gasteiger partial charge in [0.15, 0.2) is 6.10 Å². The lowest BCUT2D eigenvalue weighted by molar-refractivity contribution is -0.870. The normalized spacial score (nSPS) is 13.4. The van der Waals surface area contributed by atoms with Gasteiger partial charge < -0.3 is 28.5 Å². The quantitative estimate of drug-likeness (QED) is 0.0211. The molecule has 0 fully saturated rings. The van der Waals surface area contributed by atoms with Gasteiger partial charge in [-0.1, -0.05) is 359 Å². The van der Waals surface area contributed by atoms with Crippen LogP contribution in [-0.4, -0.2) is 87.4 Å². The SMILES string of the molecule is CC/C=C\C/C=C\C/C=C\C/C=C\C/C=C\C/C=C\CCCCCCCCCCCCCCCCC(=O)OC(COC(=O)CCCCCCCCCCCCCCCCCCCCCCCCC/C=C\C/C=C\C/C=C\C/C=C\C/C=C\CC)COC(OCC[N+](C)(C)C)C(=O)O. The number of carbonyl (C=O) groups excluding carboxylic acids is 2. The molecule has 0 radical (unpaired) electrons. The molecule has 0 aliphatic heterocycles. The maximum atomic E-state index is 13.0. The molecule has 0 saturated heterocycles. The van der Waals surface area contributed by atoms with E-state index in [1.54, 1.807) is 0 Å². The highest BCUT2D eigenvalue weighted by Gasteiger charge is 2.25. The number of hydrogen-bond donors (Lipinski definition) is 1. The Labute approximate surface area is 599 Å². The number of hydrogen-bond acceptors (Lipinski definition) is 7. The van der Waals surface area contributed by atoms with Crippen molar-refractivity contribution in [3.05, 3.63) is 134 Å². The average molecular weight is 1350 g/mol. The number of carbonyl (C=O) groups is 3. The first-order valence-electron chi connectivity index (χ1n) is 40.3. The fraction of sp³-hybridized carbons (Fsp3) is 0.716. The summed E-state index contributed by atoms with van der Waals surface area (Å²) in [6.07, 6.45) is 109. The molecule has 1 N–H and O–H groups in total. The summed E-state index contributed by atoms with van der Waals surface area (Å²) < 4.78 is 23.1. The van der Waals surface area contributed by atoms with Crippen molar-refractivity contribution < 1.29 is 42.9 Å². The lowest BCUT2D eigenvalue weighted by Crippen LogP contribution is -2.40. The van der Waals surface area contributed by atoms with Crippen molar-refractivity contribution in [3.63, 3.8) is 0 Å². The number of likely N-dealkylation sites (N-methyl/N-ethyl adjacent to an activating group) is 1. The average Bonchev–Trinajstić information content (AvgIpc) is 2.59. The molecular formula is C88H152NO8+. The van der Waals surface area contributed by atoms with Crippen LogP contribution in [0.5, 0.6) is 0 Å². The van der Waals surface area contributed by atoms with Gasteiger partial charge in [0.2, 0.25) is 0 Å². The predicted octanol–water partition coefficient (Wildman–Crippen LogP) is 26.0. The molecule has 2 atom stereocenters. The summed E-state index contributed by atoms with van der Waals surface area (Å²) in [7, 11) is 5.99. The van der Waals surface area contributed by atoms with E-state index in [4.69, 9.17) is 18.9 Å². The fourth-order valence-corrected chi connectivity index (χ4v) is 11.3. The van der Waals surface area contributed by atoms with E-state index in [1.165, 1.54) is 212 Å². The van der Waals surface area contributed by atoms with Gasteiger partial charge in [0, 0.05) is 12.8 Å². The van der Waals surface area contributed by atoms with Gasteiger partial charge >= 0.3 is 17.9 Å². The molecule has 0 aliphatic carbocycles. The number of rotatable bonds is 74. The minimum Gasteiger partial charge on any atom is -0.477 e. The topological polar surface area (TPSA) is 108 Å². The third kappa shape index (κ3) is 78.6. The van der Waals surface area contributed by atoms with Crippen LogP contribution in [0.1, 0.15) is 348 Å². The number of allylic oxidation sites excluding steroid dienone is 22. The lowest BCUT2D eigenvalue weighted by Gasteiger charge is -2.25. The largest absolute Gasteiger partial charge is 0.477 e. The van der Waals surface area contributed by atoms with Crippen LogP contribution in [0.25, 0.3) is 0 Å². The molecule has 0 rings (SSSR count). The van der Waals surface area contributed by atoms with Crippen LogP contribution in [-0.2, 0) is 33.3 Å². The molecule has 97 heavy (non-hydrogen) atoms. The first-order chi connectivity index (χ1) is 47.6. The van der Waals surface area contributed by atoms with Gasteiger partial charge in [-0.2, -0.15) is 0 Å². The predicted molar refractivity (Wildman–Crippen MR) is 419 cm³/mol. The van der Waals surface area contributed by atoms with Crippen molar-refractivity contribution >= 4 is 17.9 Å². The van der Waals surface area contributed by atoms with Gasteiger partial charge in [0.1, 0.15) is 13.2 Å². The molecule has 2 unspecified atom stereocenters. The summed E-state index contributed by atoms with van der Waals surface area (Å²) >= 11 is 0. The van der Waals surface area contributed by atoms with E-state index < -0.39 is 24.3 Å². The Morgan fingerprint density at radius 3 is 0.825 bits per heavy atom. The van der Waals surface area contributed by atoms with Crippen molar-refractivity contribution in [2.75, 3.05) is 47.5 Å². The van der Waals surface area contributed by atoms with Crippen LogP contribution in [0, 0.1) is 0 Å². The highest BCUT2D eigenvalue weighted by atomic mass is 16.7. The van der Waals surface area contributed by atoms with Crippen LogP contribution in [0.4, 0.5) is 0 Å². The summed E-state index contributed by atoms with van der Waals surface area (Å²) in [5.74, 6) is -1.99. The van der Waals surface area contributed by atoms with Crippen LogP contribution in [0.15, 0.2) is 134 Å². The molecule has 9 nitrogen and oxygen atoms in total. The number of esters is 2. The van der Waals surface area contributed by atoms with Crippen LogP contribution >= 0.6 is 0 Å². The minimum absolute atomic E-state index is 0.183. The fourth-order valence-electron chi connectivity index (χ4n) is 11.3. The number of carboxylic acid groups (broad SMARTS) is 1. The molecule has 0 amide bonds. The van der Waals surface area contributed by atoms with E-state index >= 15 is 0 Å². The van der Waals surface area contributed by atoms with Gasteiger partial charge in [0.25, 0.3) is 6.29 Å². The zero-order valence-corrected chi connectivity index (χ0v) is 63.7. The number of carboxylic acids is 1. The Morgan fingerprint density at radius 2 is 0.557 bits per heavy atom. The van der Waals surface area contributed by atoms with Crippen molar-refractivity contribution in [2.45, 2.75) is 360 Å². The monoisotopic (exact) mass is 1350 g/mol. The maximum absolute atomic E-state index is 13.0. The second-order valence-corrected chi connectivity index (χ2v) is 28.0. The second kappa shape index (κ2) is 77.2. The second-order valence-electron chi connectivity index (χ2n) is 28.0. The van der Waals surface area contributed by atoms with E-state index in [0.717, 1.165) is 109 Å². The summed E-state index contributed by atoms with van der Waals surface area (Å²) in [6, 6.07) is 0. The Bertz CT molecular complexity index is 2060. The molecule has 0 spiro atoms. The number of ether oxygens (including phenoxy) is 4. The summed E-state index contributed by atoms with van der Waals surface area (Å²) in [4.78, 5) is 37.8. The van der Waals surface area contributed by atoms with Crippen molar-refractivity contribution in [1.82, 2.24) is 0 Å². The molecule has 0 aromatic rings. The van der Waals surface area contributed by atoms with E-state index in [9.17, 15) is 19.5 Å². The summed E-state index contributed by atoms with van der Waals surface area (Å²) in [5, 5.41) is 9.78. The minimum atomic E-state index is -1.52. The van der Waals surface area contributed by atoms with Crippen molar-refractivity contribution in [2.24, 2.45) is 0 Å². The maximum Gasteiger partial charge on any atom is 0.361 e. The van der Waals surface area contributed by atoms with Gasteiger partial charge in [-0.15, -0.1) is 0 Å². The van der Waals surface area contributed by atoms with Gasteiger partial charge in [-0.05, 0) is 109 Å². The Balaban J connectivity index is 4.01. The van der Waals surface area contributed by atoms with E-state index in [2.05, 4.69) is 148 Å². The Morgan fingerprint density at radius 1 is 0.309 bits per heavy atom. The molecule has 556 valence electrons. The molecule has 0 aromatic heterocycles. The first-order valence-corrected chi connectivity index (χ1v) is 40.3. The van der Waals surface area contributed by atoms with E-state index in [1.807, 2.05) is 21.1 Å². The van der Waals surface area contributed by atoms with Gasteiger partial charge in [0.05, 0.1) is 34.4 Å². The summed E-state index contributed by atoms with van der Waals surface area (Å²) in [5.41, 5.74) is 0. The first kappa shape index (κ1) is 92.4. The highest BCUT2D eigenvalue weighted by molar-refractivity contribution is 5.71. The number of aliphatic carboxylic acids is 1. The number of unbranched alkanes of at least 4 members (excludes halogenated alkanes) is 37. The molecule has 0 bridgehead atoms. The number of nitrogens with zero attached hydrogens (tertiary/aromatic N) is 1. The third-order valence-corrected chi connectivity index (χ3v) is 17.4. The standard InChI is InChI=1S/C88H151NO8/c1-6-8-10-12-14-16-18-20-22-24-26-28-30-32-34-36-38-40-41-42-43-44-45-47-48-50-52-54-56-58-60-62-64-66-68-70-72-74-76-78-85(90)95-82-84(83-96-88(87(92)93)94-81-80-89(3,4)5)97-86(91)79-77-75-73-71-69-67-65-63-61-59-57-55-53-51-49-46-39-37-35-33-31-29-27-25-23-21-19-17-15-13-11-9-7-2/h8-11,14-17,20-23,26-29,32-35,39,46,84,88H,6-7,12-13,18-19,24-25,30-31,36-38,40-45,47-83H2,1-5H3/p+1/b10-8-,11-9-,16-14-,17-15-,22-20-,23-21-,28-26-,29-27-,34-32-,35-33-,46-39-. The van der Waals surface area contributed by atoms with Crippen LogP contribution < -0.4 is 0 Å². The zero-order valence-electron chi connectivity index (χ0n) is 63.7. The lowest BCUT2D eigenvalue weighted by atomic mass is 10.0. The molecule has 9 heteroatoms. The molecule has 0 aromatic carbocycles. The molecule has 0 heterocycles. The Hall–Kier alpha value is -4.57. The third-order valence-electron chi connectivity index (χ3n) is 17.4. The van der Waals surface area contributed by atoms with Crippen molar-refractivity contribution in [1.29, 1.82) is 0 Å².